The zero-order valence-corrected chi connectivity index (χ0v) is 34.8. The van der Waals surface area contributed by atoms with Crippen LogP contribution in [-0.2, 0) is 14.3 Å². The Bertz CT molecular complexity index is 1220. The second kappa shape index (κ2) is 33.0. The monoisotopic (exact) mass is 764 g/mol. The number of hydrogen-bond donors (Lipinski definition) is 2. The summed E-state index contributed by atoms with van der Waals surface area (Å²) in [6.45, 7) is 4.04. The van der Waals surface area contributed by atoms with Gasteiger partial charge >= 0.3 is 11.9 Å². The summed E-state index contributed by atoms with van der Waals surface area (Å²) in [5.74, 6) is -1.33. The molecule has 0 aliphatic heterocycles. The van der Waals surface area contributed by atoms with E-state index in [2.05, 4.69) is 19.2 Å². The minimum Gasteiger partial charge on any atom is -0.455 e. The molecule has 0 aliphatic carbocycles. The predicted octanol–water partition coefficient (Wildman–Crippen LogP) is 12.5. The fourth-order valence-corrected chi connectivity index (χ4v) is 7.25. The Morgan fingerprint density at radius 3 is 1.27 bits per heavy atom. The molecule has 2 aromatic rings. The molecule has 7 heteroatoms. The van der Waals surface area contributed by atoms with Gasteiger partial charge in [-0.05, 0) is 43.5 Å². The Morgan fingerprint density at radius 2 is 0.873 bits per heavy atom. The van der Waals surface area contributed by atoms with E-state index in [-0.39, 0.29) is 5.91 Å². The molecule has 0 aliphatic rings. The van der Waals surface area contributed by atoms with Crippen molar-refractivity contribution in [3.05, 3.63) is 71.8 Å². The SMILES string of the molecule is CCCCCCCCCCCCCCCC(=O)N[C@@H](CO)[C@H](OC(=O)c1ccccc1)[C@@H](CCCCCCCCCCCCCC)OC(=O)c1ccccc1. The van der Waals surface area contributed by atoms with Crippen molar-refractivity contribution >= 4 is 17.8 Å². The van der Waals surface area contributed by atoms with Gasteiger partial charge in [-0.1, -0.05) is 198 Å². The number of benzene rings is 2. The van der Waals surface area contributed by atoms with E-state index in [9.17, 15) is 19.5 Å². The van der Waals surface area contributed by atoms with Crippen molar-refractivity contribution in [2.24, 2.45) is 0 Å². The minimum atomic E-state index is -1.08. The number of carbonyl (C=O) groups is 3. The maximum absolute atomic E-state index is 13.4. The van der Waals surface area contributed by atoms with E-state index in [0.29, 0.717) is 24.0 Å². The van der Waals surface area contributed by atoms with Gasteiger partial charge in [0, 0.05) is 6.42 Å². The van der Waals surface area contributed by atoms with Crippen LogP contribution in [0.5, 0.6) is 0 Å². The van der Waals surface area contributed by atoms with Crippen molar-refractivity contribution in [1.29, 1.82) is 0 Å². The van der Waals surface area contributed by atoms with Crippen molar-refractivity contribution in [2.75, 3.05) is 6.61 Å². The summed E-state index contributed by atoms with van der Waals surface area (Å²) in [6, 6.07) is 16.5. The van der Waals surface area contributed by atoms with Crippen LogP contribution in [0.15, 0.2) is 60.7 Å². The molecule has 310 valence electrons. The molecule has 0 saturated heterocycles. The molecule has 7 nitrogen and oxygen atoms in total. The zero-order valence-electron chi connectivity index (χ0n) is 34.8. The maximum atomic E-state index is 13.4. The lowest BCUT2D eigenvalue weighted by atomic mass is 9.98. The van der Waals surface area contributed by atoms with Gasteiger partial charge in [0.15, 0.2) is 6.10 Å². The number of aliphatic hydroxyl groups excluding tert-OH is 1. The summed E-state index contributed by atoms with van der Waals surface area (Å²) < 4.78 is 12.2. The molecule has 0 aromatic heterocycles. The Kier molecular flexibility index (Phi) is 28.8. The van der Waals surface area contributed by atoms with Crippen LogP contribution in [0.25, 0.3) is 0 Å². The summed E-state index contributed by atoms with van der Waals surface area (Å²) in [5.41, 5.74) is 0.739. The Balaban J connectivity index is 1.98. The first kappa shape index (κ1) is 48.0. The largest absolute Gasteiger partial charge is 0.455 e. The summed E-state index contributed by atoms with van der Waals surface area (Å²) in [7, 11) is 0. The van der Waals surface area contributed by atoms with E-state index >= 15 is 0 Å². The smallest absolute Gasteiger partial charge is 0.338 e. The highest BCUT2D eigenvalue weighted by Crippen LogP contribution is 2.22. The van der Waals surface area contributed by atoms with E-state index in [1.807, 2.05) is 12.1 Å². The molecule has 0 bridgehead atoms. The standard InChI is InChI=1S/C48H77NO6/c1-3-5-7-9-11-13-15-17-19-21-23-25-33-39-45(51)49-43(40-50)46(55-48(53)42-36-30-27-31-37-42)44(54-47(52)41-34-28-26-29-35-41)38-32-24-22-20-18-16-14-12-10-8-6-4-2/h26-31,34-37,43-44,46,50H,3-25,32-33,38-40H2,1-2H3,(H,49,51)/t43-,44+,46-/m0/s1. The third kappa shape index (κ3) is 23.5. The second-order valence-electron chi connectivity index (χ2n) is 15.6. The van der Waals surface area contributed by atoms with Gasteiger partial charge in [0.25, 0.3) is 0 Å². The number of esters is 2. The minimum absolute atomic E-state index is 0.207. The Hall–Kier alpha value is -3.19. The van der Waals surface area contributed by atoms with Crippen molar-refractivity contribution in [3.8, 4) is 0 Å². The quantitative estimate of drug-likeness (QED) is 0.0535. The highest BCUT2D eigenvalue weighted by atomic mass is 16.6. The predicted molar refractivity (Wildman–Crippen MR) is 226 cm³/mol. The van der Waals surface area contributed by atoms with Crippen LogP contribution in [0, 0.1) is 0 Å². The topological polar surface area (TPSA) is 102 Å². The number of carbonyl (C=O) groups excluding carboxylic acids is 3. The Morgan fingerprint density at radius 1 is 0.509 bits per heavy atom. The van der Waals surface area contributed by atoms with Crippen LogP contribution in [-0.4, -0.2) is 47.8 Å². The van der Waals surface area contributed by atoms with E-state index in [4.69, 9.17) is 9.47 Å². The lowest BCUT2D eigenvalue weighted by molar-refractivity contribution is -0.124. The Labute approximate surface area is 335 Å². The number of ether oxygens (including phenoxy) is 2. The summed E-state index contributed by atoms with van der Waals surface area (Å²) in [6.07, 6.45) is 29.0. The summed E-state index contributed by atoms with van der Waals surface area (Å²) in [5, 5.41) is 13.6. The van der Waals surface area contributed by atoms with Crippen LogP contribution < -0.4 is 5.32 Å². The number of rotatable bonds is 35. The van der Waals surface area contributed by atoms with Crippen molar-refractivity contribution < 1.29 is 29.0 Å². The molecule has 1 amide bonds. The fourth-order valence-electron chi connectivity index (χ4n) is 7.25. The van der Waals surface area contributed by atoms with E-state index < -0.39 is 36.8 Å². The average molecular weight is 764 g/mol. The summed E-state index contributed by atoms with van der Waals surface area (Å²) in [4.78, 5) is 40.1. The van der Waals surface area contributed by atoms with Crippen molar-refractivity contribution in [2.45, 2.75) is 205 Å². The van der Waals surface area contributed by atoms with Crippen molar-refractivity contribution in [3.63, 3.8) is 0 Å². The lowest BCUT2D eigenvalue weighted by Crippen LogP contribution is -2.53. The lowest BCUT2D eigenvalue weighted by Gasteiger charge is -2.33. The van der Waals surface area contributed by atoms with Crippen LogP contribution in [0.2, 0.25) is 0 Å². The molecule has 0 unspecified atom stereocenters. The van der Waals surface area contributed by atoms with E-state index in [1.54, 1.807) is 48.5 Å². The normalized spacial score (nSPS) is 12.9. The van der Waals surface area contributed by atoms with Gasteiger partial charge in [-0.15, -0.1) is 0 Å². The zero-order chi connectivity index (χ0) is 39.6. The summed E-state index contributed by atoms with van der Waals surface area (Å²) >= 11 is 0. The van der Waals surface area contributed by atoms with Gasteiger partial charge in [0.1, 0.15) is 6.10 Å². The van der Waals surface area contributed by atoms with Gasteiger partial charge in [-0.2, -0.15) is 0 Å². The second-order valence-corrected chi connectivity index (χ2v) is 15.6. The number of unbranched alkanes of at least 4 members (excludes halogenated alkanes) is 23. The van der Waals surface area contributed by atoms with Crippen LogP contribution in [0.4, 0.5) is 0 Å². The van der Waals surface area contributed by atoms with Crippen LogP contribution >= 0.6 is 0 Å². The van der Waals surface area contributed by atoms with E-state index in [0.717, 1.165) is 44.9 Å². The number of aliphatic hydroxyl groups is 1. The third-order valence-electron chi connectivity index (χ3n) is 10.7. The van der Waals surface area contributed by atoms with E-state index in [1.165, 1.54) is 116 Å². The molecule has 2 aromatic carbocycles. The fraction of sp³-hybridized carbons (Fsp3) is 0.688. The molecule has 0 fully saturated rings. The number of hydrogen-bond acceptors (Lipinski definition) is 6. The maximum Gasteiger partial charge on any atom is 0.338 e. The van der Waals surface area contributed by atoms with Gasteiger partial charge in [-0.25, -0.2) is 9.59 Å². The highest BCUT2D eigenvalue weighted by molar-refractivity contribution is 5.90. The molecule has 3 atom stereocenters. The average Bonchev–Trinajstić information content (AvgIpc) is 3.21. The van der Waals surface area contributed by atoms with Crippen LogP contribution in [0.3, 0.4) is 0 Å². The molecule has 2 rings (SSSR count). The molecular weight excluding hydrogens is 687 g/mol. The van der Waals surface area contributed by atoms with Gasteiger partial charge < -0.3 is 19.9 Å². The molecule has 0 spiro atoms. The van der Waals surface area contributed by atoms with Gasteiger partial charge in [-0.3, -0.25) is 4.79 Å². The molecular formula is C48H77NO6. The molecule has 0 heterocycles. The first-order valence-electron chi connectivity index (χ1n) is 22.4. The third-order valence-corrected chi connectivity index (χ3v) is 10.7. The molecule has 0 saturated carbocycles. The van der Waals surface area contributed by atoms with Gasteiger partial charge in [0.2, 0.25) is 5.91 Å². The first-order chi connectivity index (χ1) is 27.0. The van der Waals surface area contributed by atoms with Crippen molar-refractivity contribution in [1.82, 2.24) is 5.32 Å². The highest BCUT2D eigenvalue weighted by Gasteiger charge is 2.36. The van der Waals surface area contributed by atoms with Gasteiger partial charge in [0.05, 0.1) is 23.8 Å². The van der Waals surface area contributed by atoms with Crippen LogP contribution in [0.1, 0.15) is 208 Å². The first-order valence-corrected chi connectivity index (χ1v) is 22.4. The molecule has 2 N–H and O–H groups in total. The molecule has 0 radical (unpaired) electrons. The molecule has 55 heavy (non-hydrogen) atoms. The number of amides is 1. The number of nitrogens with one attached hydrogen (secondary N) is 1.